The highest BCUT2D eigenvalue weighted by molar-refractivity contribution is 6.31. The van der Waals surface area contributed by atoms with Gasteiger partial charge in [-0.3, -0.25) is 9.80 Å². The van der Waals surface area contributed by atoms with E-state index in [1.807, 2.05) is 28.0 Å². The zero-order valence-corrected chi connectivity index (χ0v) is 21.6. The molecule has 2 aliphatic heterocycles. The van der Waals surface area contributed by atoms with Gasteiger partial charge in [0.15, 0.2) is 0 Å². The number of nitrogens with zero attached hydrogens (tertiary/aromatic N) is 4. The number of hydrogen-bond acceptors (Lipinski definition) is 3. The second-order valence-electron chi connectivity index (χ2n) is 10.1. The third-order valence-corrected chi connectivity index (χ3v) is 8.29. The van der Waals surface area contributed by atoms with Crippen molar-refractivity contribution in [1.82, 2.24) is 19.6 Å². The molecule has 2 heterocycles. The fourth-order valence-electron chi connectivity index (χ4n) is 5.83. The Hall–Kier alpha value is -1.79. The fourth-order valence-corrected chi connectivity index (χ4v) is 6.14. The summed E-state index contributed by atoms with van der Waals surface area (Å²) in [6.07, 6.45) is 1.07. The van der Waals surface area contributed by atoms with E-state index in [2.05, 4.69) is 47.9 Å². The molecule has 2 aromatic rings. The summed E-state index contributed by atoms with van der Waals surface area (Å²) in [5.41, 5.74) is 4.07. The van der Waals surface area contributed by atoms with Gasteiger partial charge in [0.2, 0.25) is 0 Å². The number of amides is 2. The number of fused-ring (bicyclic) bond motifs is 1. The number of urea groups is 1. The summed E-state index contributed by atoms with van der Waals surface area (Å²) >= 11 is 12.6. The molecule has 2 amide bonds. The molecule has 0 spiro atoms. The van der Waals surface area contributed by atoms with Crippen molar-refractivity contribution in [3.8, 4) is 0 Å². The largest absolute Gasteiger partial charge is 0.322 e. The third kappa shape index (κ3) is 4.81. The number of carbonyl (C=O) groups is 1. The molecule has 0 unspecified atom stereocenters. The molecule has 2 aromatic carbocycles. The van der Waals surface area contributed by atoms with Crippen LogP contribution in [0.25, 0.3) is 0 Å². The van der Waals surface area contributed by atoms with E-state index in [9.17, 15) is 4.79 Å². The van der Waals surface area contributed by atoms with Gasteiger partial charge in [-0.25, -0.2) is 4.79 Å². The van der Waals surface area contributed by atoms with E-state index < -0.39 is 0 Å². The summed E-state index contributed by atoms with van der Waals surface area (Å²) < 4.78 is 0. The van der Waals surface area contributed by atoms with Crippen molar-refractivity contribution in [2.45, 2.75) is 38.3 Å². The lowest BCUT2D eigenvalue weighted by Crippen LogP contribution is -2.49. The van der Waals surface area contributed by atoms with Crippen molar-refractivity contribution < 1.29 is 4.79 Å². The van der Waals surface area contributed by atoms with Gasteiger partial charge in [0.05, 0.1) is 0 Å². The highest BCUT2D eigenvalue weighted by atomic mass is 35.5. The Balaban J connectivity index is 1.20. The minimum Gasteiger partial charge on any atom is -0.322 e. The van der Waals surface area contributed by atoms with Crippen LogP contribution in [0.15, 0.2) is 42.5 Å². The first kappa shape index (κ1) is 23.9. The van der Waals surface area contributed by atoms with Gasteiger partial charge in [-0.05, 0) is 61.2 Å². The molecule has 3 aliphatic rings. The molecule has 0 aromatic heterocycles. The number of benzene rings is 2. The van der Waals surface area contributed by atoms with E-state index in [1.54, 1.807) is 0 Å². The molecule has 5 rings (SSSR count). The number of halogens is 2. The van der Waals surface area contributed by atoms with Gasteiger partial charge in [-0.1, -0.05) is 41.4 Å². The molecule has 1 aliphatic carbocycles. The van der Waals surface area contributed by atoms with Crippen molar-refractivity contribution in [2.24, 2.45) is 0 Å². The molecule has 34 heavy (non-hydrogen) atoms. The lowest BCUT2D eigenvalue weighted by molar-refractivity contribution is 0.0900. The third-order valence-electron chi connectivity index (χ3n) is 7.80. The van der Waals surface area contributed by atoms with E-state index in [-0.39, 0.29) is 12.1 Å². The van der Waals surface area contributed by atoms with Gasteiger partial charge in [0.25, 0.3) is 0 Å². The van der Waals surface area contributed by atoms with Crippen LogP contribution in [0, 0.1) is 0 Å². The highest BCUT2D eigenvalue weighted by Gasteiger charge is 2.37. The molecule has 2 fully saturated rings. The van der Waals surface area contributed by atoms with Crippen molar-refractivity contribution >= 4 is 29.2 Å². The topological polar surface area (TPSA) is 30.0 Å². The highest BCUT2D eigenvalue weighted by Crippen LogP contribution is 2.47. The van der Waals surface area contributed by atoms with E-state index in [0.717, 1.165) is 68.8 Å². The minimum atomic E-state index is 0.197. The van der Waals surface area contributed by atoms with Crippen LogP contribution < -0.4 is 0 Å². The molecule has 2 atom stereocenters. The maximum atomic E-state index is 12.6. The summed E-state index contributed by atoms with van der Waals surface area (Å²) in [6, 6.07) is 15.6. The SMILES string of the molecule is CC(C)N1CCN(CCN2CCN([C@@H]3C[C@@H](c4ccc(Cl)cc4)c4cc(Cl)ccc43)CC2)C1=O. The van der Waals surface area contributed by atoms with Crippen LogP contribution in [0.1, 0.15) is 48.9 Å². The Morgan fingerprint density at radius 2 is 1.56 bits per heavy atom. The monoisotopic (exact) mass is 500 g/mol. The van der Waals surface area contributed by atoms with Gasteiger partial charge in [0.1, 0.15) is 0 Å². The first-order valence-electron chi connectivity index (χ1n) is 12.5. The first-order chi connectivity index (χ1) is 16.4. The summed E-state index contributed by atoms with van der Waals surface area (Å²) in [5.74, 6) is 0.346. The molecule has 0 N–H and O–H groups in total. The summed E-state index contributed by atoms with van der Waals surface area (Å²) in [5, 5.41) is 1.57. The second kappa shape index (κ2) is 10.1. The predicted molar refractivity (Wildman–Crippen MR) is 139 cm³/mol. The quantitative estimate of drug-likeness (QED) is 0.536. The van der Waals surface area contributed by atoms with Crippen molar-refractivity contribution in [3.05, 3.63) is 69.2 Å². The standard InChI is InChI=1S/C27H34Cl2N4O/c1-19(2)33-16-15-32(27(33)34)14-11-30-9-12-31(13-10-30)26-18-24(20-3-5-21(28)6-4-20)25-17-22(29)7-8-23(25)26/h3-8,17,19,24,26H,9-16,18H2,1-2H3/t24-,26+/m0/s1. The molecule has 182 valence electrons. The number of hydrogen-bond donors (Lipinski definition) is 0. The zero-order chi connectivity index (χ0) is 23.8. The van der Waals surface area contributed by atoms with Gasteiger partial charge >= 0.3 is 6.03 Å². The first-order valence-corrected chi connectivity index (χ1v) is 13.2. The lowest BCUT2D eigenvalue weighted by Gasteiger charge is -2.39. The lowest BCUT2D eigenvalue weighted by atomic mass is 9.93. The van der Waals surface area contributed by atoms with E-state index in [4.69, 9.17) is 23.2 Å². The van der Waals surface area contributed by atoms with Crippen molar-refractivity contribution in [1.29, 1.82) is 0 Å². The molecule has 7 heteroatoms. The molecule has 0 radical (unpaired) electrons. The summed E-state index contributed by atoms with van der Waals surface area (Å²) in [4.78, 5) is 21.7. The Bertz CT molecular complexity index is 1020. The Morgan fingerprint density at radius 3 is 2.24 bits per heavy atom. The van der Waals surface area contributed by atoms with Gasteiger partial charge < -0.3 is 9.80 Å². The molecular weight excluding hydrogens is 467 g/mol. The molecule has 2 saturated heterocycles. The molecule has 5 nitrogen and oxygen atoms in total. The Morgan fingerprint density at radius 1 is 0.853 bits per heavy atom. The second-order valence-corrected chi connectivity index (χ2v) is 10.9. The summed E-state index contributed by atoms with van der Waals surface area (Å²) in [7, 11) is 0. The van der Waals surface area contributed by atoms with Crippen LogP contribution >= 0.6 is 23.2 Å². The van der Waals surface area contributed by atoms with Gasteiger partial charge in [-0.2, -0.15) is 0 Å². The zero-order valence-electron chi connectivity index (χ0n) is 20.1. The van der Waals surface area contributed by atoms with E-state index >= 15 is 0 Å². The molecule has 0 bridgehead atoms. The fraction of sp³-hybridized carbons (Fsp3) is 0.519. The normalized spacial score (nSPS) is 23.9. The molecule has 0 saturated carbocycles. The minimum absolute atomic E-state index is 0.197. The van der Waals surface area contributed by atoms with Crippen LogP contribution in [0.4, 0.5) is 4.79 Å². The molecular formula is C27H34Cl2N4O. The Kier molecular flexibility index (Phi) is 7.08. The van der Waals surface area contributed by atoms with Crippen LogP contribution in [-0.2, 0) is 0 Å². The average molecular weight is 502 g/mol. The van der Waals surface area contributed by atoms with Gasteiger partial charge in [-0.15, -0.1) is 0 Å². The van der Waals surface area contributed by atoms with E-state index in [0.29, 0.717) is 12.0 Å². The number of rotatable bonds is 6. The van der Waals surface area contributed by atoms with E-state index in [1.165, 1.54) is 16.7 Å². The maximum Gasteiger partial charge on any atom is 0.320 e. The van der Waals surface area contributed by atoms with Crippen molar-refractivity contribution in [2.75, 3.05) is 52.4 Å². The van der Waals surface area contributed by atoms with Crippen LogP contribution in [0.2, 0.25) is 10.0 Å². The average Bonchev–Trinajstić information content (AvgIpc) is 3.39. The predicted octanol–water partition coefficient (Wildman–Crippen LogP) is 5.33. The maximum absolute atomic E-state index is 12.6. The van der Waals surface area contributed by atoms with Crippen LogP contribution in [0.3, 0.4) is 0 Å². The summed E-state index contributed by atoms with van der Waals surface area (Å²) in [6.45, 7) is 11.8. The smallest absolute Gasteiger partial charge is 0.320 e. The number of piperazine rings is 1. The number of carbonyl (C=O) groups excluding carboxylic acids is 1. The van der Waals surface area contributed by atoms with Crippen LogP contribution in [-0.4, -0.2) is 84.0 Å². The van der Waals surface area contributed by atoms with Gasteiger partial charge in [0, 0.05) is 80.4 Å². The Labute approximate surface area is 213 Å². The van der Waals surface area contributed by atoms with Crippen molar-refractivity contribution in [3.63, 3.8) is 0 Å². The van der Waals surface area contributed by atoms with Crippen LogP contribution in [0.5, 0.6) is 0 Å².